The lowest BCUT2D eigenvalue weighted by atomic mass is 10.1. The number of nitrogens with zero attached hydrogens (tertiary/aromatic N) is 2. The van der Waals surface area contributed by atoms with Crippen LogP contribution in [0.5, 0.6) is 5.75 Å². The maximum atomic E-state index is 12.8. The highest BCUT2D eigenvalue weighted by Gasteiger charge is 2.35. The average molecular weight is 373 g/mol. The van der Waals surface area contributed by atoms with Crippen LogP contribution in [0.3, 0.4) is 0 Å². The van der Waals surface area contributed by atoms with Crippen LogP contribution < -0.4 is 9.64 Å². The molecule has 0 saturated carbocycles. The van der Waals surface area contributed by atoms with Crippen molar-refractivity contribution in [3.8, 4) is 5.75 Å². The number of piperazine rings is 1. The summed E-state index contributed by atoms with van der Waals surface area (Å²) < 4.78 is 5.12. The lowest BCUT2D eigenvalue weighted by Gasteiger charge is -2.39. The first-order chi connectivity index (χ1) is 12.4. The van der Waals surface area contributed by atoms with E-state index in [1.54, 1.807) is 54.2 Å². The van der Waals surface area contributed by atoms with E-state index in [2.05, 4.69) is 0 Å². The number of methoxy groups -OCH3 is 1. The average Bonchev–Trinajstić information content (AvgIpc) is 2.66. The van der Waals surface area contributed by atoms with Gasteiger partial charge in [-0.15, -0.1) is 0 Å². The number of anilines is 1. The first kappa shape index (κ1) is 18.3. The molecule has 1 aliphatic heterocycles. The molecule has 1 aliphatic rings. The van der Waals surface area contributed by atoms with E-state index in [1.165, 1.54) is 0 Å². The van der Waals surface area contributed by atoms with E-state index in [4.69, 9.17) is 16.3 Å². The lowest BCUT2D eigenvalue weighted by Crippen LogP contribution is -2.57. The molecule has 136 valence electrons. The molecule has 5 nitrogen and oxygen atoms in total. The summed E-state index contributed by atoms with van der Waals surface area (Å²) in [5.41, 5.74) is 2.26. The third-order valence-corrected chi connectivity index (χ3v) is 5.13. The molecule has 6 heteroatoms. The molecular weight excluding hydrogens is 352 g/mol. The summed E-state index contributed by atoms with van der Waals surface area (Å²) in [5.74, 6) is 0.417. The summed E-state index contributed by atoms with van der Waals surface area (Å²) in [6.07, 6.45) is 0. The van der Waals surface area contributed by atoms with Crippen LogP contribution in [0, 0.1) is 6.92 Å². The zero-order valence-corrected chi connectivity index (χ0v) is 15.8. The van der Waals surface area contributed by atoms with Gasteiger partial charge >= 0.3 is 0 Å². The smallest absolute Gasteiger partial charge is 0.254 e. The highest BCUT2D eigenvalue weighted by Crippen LogP contribution is 2.26. The molecular formula is C20H21ClN2O3. The quantitative estimate of drug-likeness (QED) is 0.828. The maximum absolute atomic E-state index is 12.8. The van der Waals surface area contributed by atoms with Crippen LogP contribution in [0.4, 0.5) is 5.69 Å². The predicted octanol–water partition coefficient (Wildman–Crippen LogP) is 3.53. The molecule has 0 aliphatic carbocycles. The van der Waals surface area contributed by atoms with Crippen molar-refractivity contribution >= 4 is 29.1 Å². The number of halogens is 1. The van der Waals surface area contributed by atoms with Crippen molar-refractivity contribution in [2.24, 2.45) is 0 Å². The summed E-state index contributed by atoms with van der Waals surface area (Å²) in [6, 6.07) is 11.9. The SMILES string of the molecule is COc1ccc(C(=O)N2CCN(c3ccc(C)c(Cl)c3)C(=O)C2C)cc1. The molecule has 0 N–H and O–H groups in total. The van der Waals surface area contributed by atoms with E-state index in [-0.39, 0.29) is 11.8 Å². The van der Waals surface area contributed by atoms with Gasteiger partial charge < -0.3 is 14.5 Å². The number of rotatable bonds is 3. The zero-order chi connectivity index (χ0) is 18.8. The Morgan fingerprint density at radius 3 is 2.46 bits per heavy atom. The van der Waals surface area contributed by atoms with Crippen LogP contribution in [0.15, 0.2) is 42.5 Å². The molecule has 0 spiro atoms. The number of hydrogen-bond acceptors (Lipinski definition) is 3. The van der Waals surface area contributed by atoms with Crippen molar-refractivity contribution in [2.75, 3.05) is 25.1 Å². The molecule has 1 atom stereocenters. The van der Waals surface area contributed by atoms with Crippen molar-refractivity contribution in [2.45, 2.75) is 19.9 Å². The van der Waals surface area contributed by atoms with Crippen LogP contribution >= 0.6 is 11.6 Å². The Bertz CT molecular complexity index is 835. The van der Waals surface area contributed by atoms with E-state index >= 15 is 0 Å². The first-order valence-electron chi connectivity index (χ1n) is 8.45. The number of amides is 2. The Morgan fingerprint density at radius 1 is 1.15 bits per heavy atom. The Labute approximate surface area is 158 Å². The van der Waals surface area contributed by atoms with Crippen molar-refractivity contribution in [1.82, 2.24) is 4.90 Å². The molecule has 1 unspecified atom stereocenters. The number of hydrogen-bond donors (Lipinski definition) is 0. The molecule has 0 radical (unpaired) electrons. The van der Waals surface area contributed by atoms with E-state index in [1.807, 2.05) is 19.1 Å². The van der Waals surface area contributed by atoms with Crippen LogP contribution in [0.1, 0.15) is 22.8 Å². The lowest BCUT2D eigenvalue weighted by molar-refractivity contribution is -0.124. The monoisotopic (exact) mass is 372 g/mol. The number of carbonyl (C=O) groups excluding carboxylic acids is 2. The Hall–Kier alpha value is -2.53. The third-order valence-electron chi connectivity index (χ3n) is 4.72. The number of ether oxygens (including phenoxy) is 1. The van der Waals surface area contributed by atoms with Gasteiger partial charge in [0.1, 0.15) is 11.8 Å². The fourth-order valence-corrected chi connectivity index (χ4v) is 3.23. The molecule has 1 heterocycles. The highest BCUT2D eigenvalue weighted by molar-refractivity contribution is 6.31. The summed E-state index contributed by atoms with van der Waals surface area (Å²) in [5, 5.41) is 0.625. The molecule has 26 heavy (non-hydrogen) atoms. The predicted molar refractivity (Wildman–Crippen MR) is 102 cm³/mol. The molecule has 1 fully saturated rings. The minimum Gasteiger partial charge on any atom is -0.497 e. The van der Waals surface area contributed by atoms with Crippen LogP contribution in [-0.2, 0) is 4.79 Å². The molecule has 2 amide bonds. The van der Waals surface area contributed by atoms with Gasteiger partial charge in [-0.3, -0.25) is 9.59 Å². The largest absolute Gasteiger partial charge is 0.497 e. The van der Waals surface area contributed by atoms with Gasteiger partial charge in [-0.1, -0.05) is 17.7 Å². The fourth-order valence-electron chi connectivity index (χ4n) is 3.05. The number of benzene rings is 2. The normalized spacial score (nSPS) is 17.4. The Kier molecular flexibility index (Phi) is 5.18. The molecule has 0 aromatic heterocycles. The van der Waals surface area contributed by atoms with Gasteiger partial charge in [-0.2, -0.15) is 0 Å². The van der Waals surface area contributed by atoms with Crippen molar-refractivity contribution in [3.63, 3.8) is 0 Å². The minimum atomic E-state index is -0.543. The van der Waals surface area contributed by atoms with E-state index in [0.717, 1.165) is 11.3 Å². The van der Waals surface area contributed by atoms with E-state index in [9.17, 15) is 9.59 Å². The van der Waals surface area contributed by atoms with Gasteiger partial charge in [0.2, 0.25) is 5.91 Å². The second-order valence-electron chi connectivity index (χ2n) is 6.33. The molecule has 2 aromatic carbocycles. The van der Waals surface area contributed by atoms with Crippen molar-refractivity contribution in [3.05, 3.63) is 58.6 Å². The van der Waals surface area contributed by atoms with Crippen molar-refractivity contribution in [1.29, 1.82) is 0 Å². The van der Waals surface area contributed by atoms with Gasteiger partial charge in [0, 0.05) is 29.4 Å². The number of carbonyl (C=O) groups is 2. The van der Waals surface area contributed by atoms with Gasteiger partial charge in [-0.05, 0) is 55.8 Å². The molecule has 2 aromatic rings. The summed E-state index contributed by atoms with van der Waals surface area (Å²) in [7, 11) is 1.58. The maximum Gasteiger partial charge on any atom is 0.254 e. The zero-order valence-electron chi connectivity index (χ0n) is 15.0. The van der Waals surface area contributed by atoms with Gasteiger partial charge in [0.25, 0.3) is 5.91 Å². The van der Waals surface area contributed by atoms with E-state index < -0.39 is 6.04 Å². The van der Waals surface area contributed by atoms with Crippen LogP contribution in [0.2, 0.25) is 5.02 Å². The van der Waals surface area contributed by atoms with Crippen LogP contribution in [-0.4, -0.2) is 43.0 Å². The van der Waals surface area contributed by atoms with Crippen LogP contribution in [0.25, 0.3) is 0 Å². The Balaban J connectivity index is 1.78. The van der Waals surface area contributed by atoms with E-state index in [0.29, 0.717) is 29.4 Å². The topological polar surface area (TPSA) is 49.9 Å². The number of aryl methyl sites for hydroxylation is 1. The second-order valence-corrected chi connectivity index (χ2v) is 6.73. The third kappa shape index (κ3) is 3.40. The standard InChI is InChI=1S/C20H21ClN2O3/c1-13-4-7-16(12-18(13)21)23-11-10-22(14(2)19(23)24)20(25)15-5-8-17(26-3)9-6-15/h4-9,12,14H,10-11H2,1-3H3. The Morgan fingerprint density at radius 2 is 1.85 bits per heavy atom. The van der Waals surface area contributed by atoms with Gasteiger partial charge in [0.15, 0.2) is 0 Å². The second kappa shape index (κ2) is 7.38. The minimum absolute atomic E-state index is 0.113. The summed E-state index contributed by atoms with van der Waals surface area (Å²) in [6.45, 7) is 4.57. The highest BCUT2D eigenvalue weighted by atomic mass is 35.5. The molecule has 3 rings (SSSR count). The summed E-state index contributed by atoms with van der Waals surface area (Å²) in [4.78, 5) is 28.9. The summed E-state index contributed by atoms with van der Waals surface area (Å²) >= 11 is 6.19. The molecule has 1 saturated heterocycles. The fraction of sp³-hybridized carbons (Fsp3) is 0.300. The van der Waals surface area contributed by atoms with Gasteiger partial charge in [0.05, 0.1) is 7.11 Å². The molecule has 0 bridgehead atoms. The van der Waals surface area contributed by atoms with Gasteiger partial charge in [-0.25, -0.2) is 0 Å². The first-order valence-corrected chi connectivity index (χ1v) is 8.82. The van der Waals surface area contributed by atoms with Crippen molar-refractivity contribution < 1.29 is 14.3 Å².